The Bertz CT molecular complexity index is 643. The molecule has 1 aliphatic rings. The van der Waals surface area contributed by atoms with Crippen LogP contribution in [0.2, 0.25) is 0 Å². The molecule has 1 unspecified atom stereocenters. The molecule has 1 aromatic heterocycles. The van der Waals surface area contributed by atoms with Crippen molar-refractivity contribution in [2.75, 3.05) is 13.1 Å². The normalized spacial score (nSPS) is 22.5. The summed E-state index contributed by atoms with van der Waals surface area (Å²) in [7, 11) is 0. The number of benzene rings is 1. The first-order valence-electron chi connectivity index (χ1n) is 7.10. The second kappa shape index (κ2) is 5.26. The van der Waals surface area contributed by atoms with Crippen molar-refractivity contribution >= 4 is 27.2 Å². The molecule has 0 spiro atoms. The van der Waals surface area contributed by atoms with Crippen molar-refractivity contribution in [3.8, 4) is 0 Å². The largest absolute Gasteiger partial charge is 0.316 e. The van der Waals surface area contributed by atoms with Crippen molar-refractivity contribution in [2.24, 2.45) is 5.41 Å². The standard InChI is InChI=1S/C16H18FNOS/c1-2-6-16(7-8-18-10-16)15(19)13-9-11-4-3-5-12(17)14(11)20-13/h3-5,9,18H,2,6-8,10H2,1H3. The van der Waals surface area contributed by atoms with Gasteiger partial charge in [0.05, 0.1) is 9.58 Å². The van der Waals surface area contributed by atoms with Gasteiger partial charge in [-0.3, -0.25) is 4.79 Å². The lowest BCUT2D eigenvalue weighted by Crippen LogP contribution is -2.33. The van der Waals surface area contributed by atoms with Gasteiger partial charge in [-0.2, -0.15) is 0 Å². The summed E-state index contributed by atoms with van der Waals surface area (Å²) in [4.78, 5) is 13.6. The summed E-state index contributed by atoms with van der Waals surface area (Å²) in [6.45, 7) is 3.75. The molecule has 1 aliphatic heterocycles. The van der Waals surface area contributed by atoms with Gasteiger partial charge in [0, 0.05) is 12.0 Å². The van der Waals surface area contributed by atoms with Crippen molar-refractivity contribution in [3.63, 3.8) is 0 Å². The fourth-order valence-electron chi connectivity index (χ4n) is 3.14. The van der Waals surface area contributed by atoms with Crippen LogP contribution in [0.3, 0.4) is 0 Å². The molecular formula is C16H18FNOS. The maximum Gasteiger partial charge on any atom is 0.180 e. The van der Waals surface area contributed by atoms with Gasteiger partial charge in [0.2, 0.25) is 0 Å². The zero-order chi connectivity index (χ0) is 14.2. The predicted octanol–water partition coefficient (Wildman–Crippen LogP) is 4.00. The number of nitrogens with one attached hydrogen (secondary N) is 1. The Kier molecular flexibility index (Phi) is 3.61. The molecule has 1 aromatic carbocycles. The lowest BCUT2D eigenvalue weighted by atomic mass is 9.78. The highest BCUT2D eigenvalue weighted by Crippen LogP contribution is 2.38. The lowest BCUT2D eigenvalue weighted by Gasteiger charge is -2.25. The molecule has 1 saturated heterocycles. The predicted molar refractivity (Wildman–Crippen MR) is 80.9 cm³/mol. The number of ketones is 1. The van der Waals surface area contributed by atoms with E-state index in [9.17, 15) is 9.18 Å². The van der Waals surface area contributed by atoms with Gasteiger partial charge in [0.15, 0.2) is 5.78 Å². The van der Waals surface area contributed by atoms with Crippen LogP contribution in [-0.2, 0) is 0 Å². The molecule has 0 saturated carbocycles. The molecule has 106 valence electrons. The Labute approximate surface area is 122 Å². The minimum absolute atomic E-state index is 0.185. The van der Waals surface area contributed by atoms with E-state index in [1.165, 1.54) is 17.4 Å². The number of hydrogen-bond acceptors (Lipinski definition) is 3. The maximum absolute atomic E-state index is 13.8. The van der Waals surface area contributed by atoms with E-state index in [0.29, 0.717) is 9.58 Å². The molecule has 1 atom stereocenters. The molecule has 0 radical (unpaired) electrons. The highest BCUT2D eigenvalue weighted by atomic mass is 32.1. The lowest BCUT2D eigenvalue weighted by molar-refractivity contribution is 0.0806. The summed E-state index contributed by atoms with van der Waals surface area (Å²) in [5.74, 6) is -0.0504. The molecule has 1 N–H and O–H groups in total. The van der Waals surface area contributed by atoms with Crippen molar-refractivity contribution in [1.29, 1.82) is 0 Å². The SMILES string of the molecule is CCCC1(C(=O)c2cc3cccc(F)c3s2)CCNC1. The molecule has 4 heteroatoms. The van der Waals surface area contributed by atoms with E-state index in [-0.39, 0.29) is 17.0 Å². The van der Waals surface area contributed by atoms with Crippen LogP contribution in [0.5, 0.6) is 0 Å². The van der Waals surface area contributed by atoms with E-state index in [0.717, 1.165) is 37.7 Å². The second-order valence-electron chi connectivity index (χ2n) is 5.56. The third kappa shape index (κ3) is 2.17. The first kappa shape index (κ1) is 13.7. The van der Waals surface area contributed by atoms with E-state index >= 15 is 0 Å². The van der Waals surface area contributed by atoms with Crippen molar-refractivity contribution in [2.45, 2.75) is 26.2 Å². The summed E-state index contributed by atoms with van der Waals surface area (Å²) >= 11 is 1.29. The number of fused-ring (bicyclic) bond motifs is 1. The van der Waals surface area contributed by atoms with Gasteiger partial charge >= 0.3 is 0 Å². The number of carbonyl (C=O) groups is 1. The number of rotatable bonds is 4. The van der Waals surface area contributed by atoms with Crippen molar-refractivity contribution in [3.05, 3.63) is 35.0 Å². The van der Waals surface area contributed by atoms with Crippen LogP contribution in [0.1, 0.15) is 35.9 Å². The van der Waals surface area contributed by atoms with E-state index in [1.54, 1.807) is 6.07 Å². The van der Waals surface area contributed by atoms with Gasteiger partial charge in [-0.05, 0) is 36.9 Å². The number of Topliss-reactive ketones (excluding diaryl/α,β-unsaturated/α-hetero) is 1. The molecule has 20 heavy (non-hydrogen) atoms. The van der Waals surface area contributed by atoms with Gasteiger partial charge in [-0.15, -0.1) is 11.3 Å². The van der Waals surface area contributed by atoms with Gasteiger partial charge < -0.3 is 5.32 Å². The van der Waals surface area contributed by atoms with Crippen LogP contribution in [-0.4, -0.2) is 18.9 Å². The van der Waals surface area contributed by atoms with Crippen molar-refractivity contribution in [1.82, 2.24) is 5.32 Å². The smallest absolute Gasteiger partial charge is 0.180 e. The minimum Gasteiger partial charge on any atom is -0.316 e. The fraction of sp³-hybridized carbons (Fsp3) is 0.438. The molecule has 0 bridgehead atoms. The van der Waals surface area contributed by atoms with Gasteiger partial charge in [-0.1, -0.05) is 25.5 Å². The first-order chi connectivity index (χ1) is 9.66. The van der Waals surface area contributed by atoms with Gasteiger partial charge in [-0.25, -0.2) is 4.39 Å². The zero-order valence-electron chi connectivity index (χ0n) is 11.5. The molecule has 3 rings (SSSR count). The van der Waals surface area contributed by atoms with Gasteiger partial charge in [0.1, 0.15) is 5.82 Å². The third-order valence-corrected chi connectivity index (χ3v) is 5.33. The number of carbonyl (C=O) groups excluding carboxylic acids is 1. The number of halogens is 1. The van der Waals surface area contributed by atoms with E-state index in [1.807, 2.05) is 12.1 Å². The Balaban J connectivity index is 2.01. The maximum atomic E-state index is 13.8. The highest BCUT2D eigenvalue weighted by molar-refractivity contribution is 7.20. The number of thiophene rings is 1. The van der Waals surface area contributed by atoms with Crippen LogP contribution >= 0.6 is 11.3 Å². The topological polar surface area (TPSA) is 29.1 Å². The fourth-order valence-corrected chi connectivity index (χ4v) is 4.27. The van der Waals surface area contributed by atoms with Crippen LogP contribution < -0.4 is 5.32 Å². The molecule has 2 nitrogen and oxygen atoms in total. The average Bonchev–Trinajstić information content (AvgIpc) is 3.06. The quantitative estimate of drug-likeness (QED) is 0.863. The Morgan fingerprint density at radius 3 is 3.00 bits per heavy atom. The molecule has 1 fully saturated rings. The summed E-state index contributed by atoms with van der Waals surface area (Å²) in [6.07, 6.45) is 2.78. The van der Waals surface area contributed by atoms with Crippen LogP contribution in [0.25, 0.3) is 10.1 Å². The average molecular weight is 291 g/mol. The summed E-state index contributed by atoms with van der Waals surface area (Å²) < 4.78 is 14.4. The Morgan fingerprint density at radius 2 is 2.35 bits per heavy atom. The van der Waals surface area contributed by atoms with E-state index < -0.39 is 0 Å². The van der Waals surface area contributed by atoms with E-state index in [4.69, 9.17) is 0 Å². The molecule has 2 aromatic rings. The van der Waals surface area contributed by atoms with E-state index in [2.05, 4.69) is 12.2 Å². The van der Waals surface area contributed by atoms with Crippen LogP contribution in [0, 0.1) is 11.2 Å². The summed E-state index contributed by atoms with van der Waals surface area (Å²) in [6, 6.07) is 6.86. The molecule has 0 amide bonds. The highest BCUT2D eigenvalue weighted by Gasteiger charge is 2.41. The van der Waals surface area contributed by atoms with Crippen LogP contribution in [0.4, 0.5) is 4.39 Å². The first-order valence-corrected chi connectivity index (χ1v) is 7.91. The molecule has 0 aliphatic carbocycles. The second-order valence-corrected chi connectivity index (χ2v) is 6.61. The Hall–Kier alpha value is -1.26. The van der Waals surface area contributed by atoms with Crippen molar-refractivity contribution < 1.29 is 9.18 Å². The van der Waals surface area contributed by atoms with Crippen LogP contribution in [0.15, 0.2) is 24.3 Å². The molecular weight excluding hydrogens is 273 g/mol. The third-order valence-electron chi connectivity index (χ3n) is 4.17. The Morgan fingerprint density at radius 1 is 1.50 bits per heavy atom. The summed E-state index contributed by atoms with van der Waals surface area (Å²) in [5.41, 5.74) is -0.286. The number of hydrogen-bond donors (Lipinski definition) is 1. The molecule has 2 heterocycles. The van der Waals surface area contributed by atoms with Gasteiger partial charge in [0.25, 0.3) is 0 Å². The zero-order valence-corrected chi connectivity index (χ0v) is 12.4. The minimum atomic E-state index is -0.286. The monoisotopic (exact) mass is 291 g/mol. The summed E-state index contributed by atoms with van der Waals surface area (Å²) in [5, 5.41) is 4.13.